The van der Waals surface area contributed by atoms with Crippen LogP contribution in [0.4, 0.5) is 19.9 Å². The first kappa shape index (κ1) is 38.1. The van der Waals surface area contributed by atoms with E-state index >= 15 is 19.9 Å². The van der Waals surface area contributed by atoms with Gasteiger partial charge in [0.2, 0.25) is 9.84 Å². The highest BCUT2D eigenvalue weighted by Gasteiger charge is 2.89. The summed E-state index contributed by atoms with van der Waals surface area (Å²) >= 11 is 0. The average molecular weight is 663 g/mol. The maximum atomic E-state index is 16.8. The highest BCUT2D eigenvalue weighted by Crippen LogP contribution is 3.09. The van der Waals surface area contributed by atoms with E-state index in [0.29, 0.717) is 6.42 Å². The number of benzene rings is 1. The SMILES string of the molecule is CC[C@H](C)[C@@H](NOC(C)(C)N(C)C)ON(C)[C@H](C[C@@H](OOC)C1(F)NC(C(=O)O)=C(c2ccccc2)S1(F)(F)(F)F)C(C)C. The van der Waals surface area contributed by atoms with Crippen molar-refractivity contribution in [3.63, 3.8) is 0 Å². The number of halogens is 5. The zero-order valence-electron chi connectivity index (χ0n) is 26.9. The minimum atomic E-state index is -10.2. The number of carboxylic acids is 1. The molecule has 1 aliphatic heterocycles. The molecule has 0 fully saturated rings. The van der Waals surface area contributed by atoms with Crippen LogP contribution in [0.5, 0.6) is 0 Å². The van der Waals surface area contributed by atoms with Gasteiger partial charge in [0.25, 0.3) is 0 Å². The smallest absolute Gasteiger partial charge is 0.353 e. The van der Waals surface area contributed by atoms with Gasteiger partial charge in [-0.1, -0.05) is 58.0 Å². The molecule has 10 nitrogen and oxygen atoms in total. The van der Waals surface area contributed by atoms with Crippen LogP contribution < -0.4 is 10.8 Å². The van der Waals surface area contributed by atoms with Gasteiger partial charge in [0.1, 0.15) is 16.3 Å². The zero-order chi connectivity index (χ0) is 34.0. The monoisotopic (exact) mass is 662 g/mol. The Kier molecular flexibility index (Phi) is 11.3. The fourth-order valence-corrected chi connectivity index (χ4v) is 7.01. The van der Waals surface area contributed by atoms with Crippen molar-refractivity contribution in [2.75, 3.05) is 28.3 Å². The predicted molar refractivity (Wildman–Crippen MR) is 159 cm³/mol. The van der Waals surface area contributed by atoms with Crippen molar-refractivity contribution < 1.29 is 49.3 Å². The van der Waals surface area contributed by atoms with Gasteiger partial charge in [0.05, 0.1) is 7.11 Å². The molecule has 1 aromatic carbocycles. The zero-order valence-corrected chi connectivity index (χ0v) is 27.7. The lowest BCUT2D eigenvalue weighted by molar-refractivity contribution is -0.333. The van der Waals surface area contributed by atoms with Crippen LogP contribution in [0.2, 0.25) is 0 Å². The van der Waals surface area contributed by atoms with Crippen LogP contribution in [-0.4, -0.2) is 78.5 Å². The molecule has 0 spiro atoms. The molecule has 0 radical (unpaired) electrons. The molecule has 3 N–H and O–H groups in total. The van der Waals surface area contributed by atoms with Gasteiger partial charge in [-0.25, -0.2) is 14.6 Å². The molecule has 0 aromatic heterocycles. The molecule has 5 atom stereocenters. The van der Waals surface area contributed by atoms with Crippen LogP contribution in [0.25, 0.3) is 4.91 Å². The third-order valence-electron chi connectivity index (χ3n) is 8.04. The fourth-order valence-electron chi connectivity index (χ4n) is 4.59. The summed E-state index contributed by atoms with van der Waals surface area (Å²) in [5.74, 6) is -2.85. The standard InChI is InChI=1S/C28H47F5N4O6S/c1-11-19(4)25(35-43-27(5,6)36(7)8)41-37(9)21(18(2)3)17-22(42-40-10)28(29)34-23(26(38)39)24(44(28,30,31,32)33)20-15-13-12-14-16-20/h12-16,18-19,21-22,25,34-35H,11,17H2,1-10H3,(H,38,39)/t19-,21+,22+,25-,28?/m0/s1. The van der Waals surface area contributed by atoms with Gasteiger partial charge >= 0.3 is 11.1 Å². The molecule has 1 aliphatic rings. The lowest BCUT2D eigenvalue weighted by atomic mass is 9.97. The second kappa shape index (κ2) is 13.0. The fraction of sp³-hybridized carbons (Fsp3) is 0.679. The van der Waals surface area contributed by atoms with E-state index in [1.807, 2.05) is 46.7 Å². The highest BCUT2D eigenvalue weighted by atomic mass is 32.5. The van der Waals surface area contributed by atoms with Gasteiger partial charge in [-0.15, -0.1) is 15.5 Å². The van der Waals surface area contributed by atoms with Gasteiger partial charge < -0.3 is 10.4 Å². The first-order valence-electron chi connectivity index (χ1n) is 14.2. The summed E-state index contributed by atoms with van der Waals surface area (Å²) in [4.78, 5) is 32.8. The number of hydroxylamine groups is 3. The third kappa shape index (κ3) is 7.33. The molecule has 44 heavy (non-hydrogen) atoms. The summed E-state index contributed by atoms with van der Waals surface area (Å²) in [6, 6.07) is 4.36. The lowest BCUT2D eigenvalue weighted by Crippen LogP contribution is -2.59. The van der Waals surface area contributed by atoms with Gasteiger partial charge in [0.15, 0.2) is 12.3 Å². The third-order valence-corrected chi connectivity index (χ3v) is 10.9. The number of nitrogens with one attached hydrogen (secondary N) is 2. The quantitative estimate of drug-likeness (QED) is 0.0564. The number of alkyl halides is 1. The van der Waals surface area contributed by atoms with E-state index in [2.05, 4.69) is 10.4 Å². The Balaban J connectivity index is 2.54. The summed E-state index contributed by atoms with van der Waals surface area (Å²) < 4.78 is 81.6. The summed E-state index contributed by atoms with van der Waals surface area (Å²) in [5.41, 5.74) is -0.416. The van der Waals surface area contributed by atoms with Gasteiger partial charge in [-0.05, 0) is 51.8 Å². The van der Waals surface area contributed by atoms with Crippen molar-refractivity contribution >= 4 is 20.7 Å². The first-order valence-corrected chi connectivity index (χ1v) is 16.2. The van der Waals surface area contributed by atoms with Crippen LogP contribution in [0.1, 0.15) is 59.9 Å². The van der Waals surface area contributed by atoms with Crippen molar-refractivity contribution in [3.8, 4) is 0 Å². The van der Waals surface area contributed by atoms with Crippen LogP contribution >= 0.6 is 9.84 Å². The lowest BCUT2D eigenvalue weighted by Gasteiger charge is -2.56. The maximum absolute atomic E-state index is 16.8. The van der Waals surface area contributed by atoms with Crippen LogP contribution in [-0.2, 0) is 24.2 Å². The summed E-state index contributed by atoms with van der Waals surface area (Å²) in [5, 5.41) is 7.24. The Labute approximate surface area is 256 Å². The number of rotatable bonds is 17. The summed E-state index contributed by atoms with van der Waals surface area (Å²) in [6.45, 7) is 10.7. The molecular weight excluding hydrogens is 615 g/mol. The van der Waals surface area contributed by atoms with Crippen LogP contribution in [0, 0.1) is 11.8 Å². The van der Waals surface area contributed by atoms with E-state index in [0.717, 1.165) is 31.4 Å². The normalized spacial score (nSPS) is 25.5. The van der Waals surface area contributed by atoms with Crippen LogP contribution in [0.15, 0.2) is 36.0 Å². The molecule has 0 amide bonds. The predicted octanol–water partition coefficient (Wildman–Crippen LogP) is 6.50. The minimum Gasteiger partial charge on any atom is -0.477 e. The van der Waals surface area contributed by atoms with Crippen molar-refractivity contribution in [2.24, 2.45) is 11.8 Å². The Morgan fingerprint density at radius 1 is 1.11 bits per heavy atom. The molecule has 1 aromatic rings. The molecule has 1 heterocycles. The minimum absolute atomic E-state index is 0.159. The largest absolute Gasteiger partial charge is 0.477 e. The van der Waals surface area contributed by atoms with Crippen molar-refractivity contribution in [1.29, 1.82) is 0 Å². The first-order chi connectivity index (χ1) is 20.0. The molecule has 0 saturated heterocycles. The number of aliphatic carboxylic acids is 1. The molecule has 1 unspecified atom stereocenters. The Morgan fingerprint density at radius 3 is 2.14 bits per heavy atom. The van der Waals surface area contributed by atoms with Gasteiger partial charge in [0, 0.05) is 19.5 Å². The maximum Gasteiger partial charge on any atom is 0.353 e. The summed E-state index contributed by atoms with van der Waals surface area (Å²) in [6.07, 6.45) is -3.72. The molecule has 256 valence electrons. The van der Waals surface area contributed by atoms with E-state index in [9.17, 15) is 9.90 Å². The molecule has 16 heteroatoms. The number of nitrogens with zero attached hydrogens (tertiary/aromatic N) is 2. The molecular formula is C28H47F5N4O6S. The highest BCUT2D eigenvalue weighted by molar-refractivity contribution is 8.57. The molecule has 0 bridgehead atoms. The molecule has 2 rings (SSSR count). The second-order valence-electron chi connectivity index (χ2n) is 12.0. The Hall–Kier alpha value is -2.05. The summed E-state index contributed by atoms with van der Waals surface area (Å²) in [7, 11) is -4.28. The average Bonchev–Trinajstić information content (AvgIpc) is 3.07. The van der Waals surface area contributed by atoms with E-state index in [-0.39, 0.29) is 5.92 Å². The van der Waals surface area contributed by atoms with E-state index in [1.54, 1.807) is 13.8 Å². The van der Waals surface area contributed by atoms with Gasteiger partial charge in [-0.3, -0.25) is 14.6 Å². The van der Waals surface area contributed by atoms with Gasteiger partial charge in [-0.2, -0.15) is 14.9 Å². The van der Waals surface area contributed by atoms with E-state index in [4.69, 9.17) is 14.6 Å². The number of carboxylic acid groups (broad SMARTS) is 1. The van der Waals surface area contributed by atoms with E-state index in [1.165, 1.54) is 23.5 Å². The van der Waals surface area contributed by atoms with Crippen molar-refractivity contribution in [3.05, 3.63) is 41.6 Å². The Bertz CT molecular complexity index is 1190. The number of hydrogen-bond acceptors (Lipinski definition) is 9. The number of hydrogen-bond donors (Lipinski definition) is 3. The molecule has 0 aliphatic carbocycles. The van der Waals surface area contributed by atoms with Crippen molar-refractivity contribution in [2.45, 2.75) is 83.6 Å². The van der Waals surface area contributed by atoms with Crippen LogP contribution in [0.3, 0.4) is 0 Å². The second-order valence-corrected chi connectivity index (χ2v) is 15.2. The van der Waals surface area contributed by atoms with Crippen molar-refractivity contribution in [1.82, 2.24) is 20.8 Å². The number of carbonyl (C=O) groups is 1. The topological polar surface area (TPSA) is 105 Å². The van der Waals surface area contributed by atoms with E-state index < -0.39 is 73.5 Å². The Morgan fingerprint density at radius 2 is 1.68 bits per heavy atom. The molecule has 0 saturated carbocycles.